The van der Waals surface area contributed by atoms with Gasteiger partial charge in [0, 0.05) is 5.56 Å². The zero-order chi connectivity index (χ0) is 10.7. The van der Waals surface area contributed by atoms with Gasteiger partial charge in [0.05, 0.1) is 0 Å². The summed E-state index contributed by atoms with van der Waals surface area (Å²) in [5.41, 5.74) is 0.777. The van der Waals surface area contributed by atoms with Crippen LogP contribution >= 0.6 is 0 Å². The highest BCUT2D eigenvalue weighted by molar-refractivity contribution is 5.86. The highest BCUT2D eigenvalue weighted by Crippen LogP contribution is 2.26. The third kappa shape index (κ3) is 1.96. The van der Waals surface area contributed by atoms with Crippen molar-refractivity contribution in [2.24, 2.45) is 0 Å². The first-order chi connectivity index (χ1) is 7.27. The molecule has 0 saturated carbocycles. The highest BCUT2D eigenvalue weighted by atomic mass is 16.4. The van der Waals surface area contributed by atoms with E-state index in [1.54, 1.807) is 0 Å². The second-order valence-corrected chi connectivity index (χ2v) is 2.83. The number of rotatable bonds is 2. The van der Waals surface area contributed by atoms with E-state index in [1.807, 2.05) is 30.3 Å². The van der Waals surface area contributed by atoms with E-state index in [0.29, 0.717) is 5.76 Å². The van der Waals surface area contributed by atoms with Crippen LogP contribution in [-0.2, 0) is 0 Å². The van der Waals surface area contributed by atoms with Gasteiger partial charge >= 0.3 is 6.09 Å². The van der Waals surface area contributed by atoms with Gasteiger partial charge in [0.25, 0.3) is 0 Å². The largest absolute Gasteiger partial charge is 0.465 e. The number of carboxylic acid groups (broad SMARTS) is 1. The van der Waals surface area contributed by atoms with Crippen LogP contribution in [0, 0.1) is 0 Å². The minimum Gasteiger partial charge on any atom is -0.465 e. The number of anilines is 1. The molecule has 0 aliphatic heterocycles. The molecule has 15 heavy (non-hydrogen) atoms. The number of benzene rings is 1. The fourth-order valence-corrected chi connectivity index (χ4v) is 1.23. The molecule has 0 fully saturated rings. The number of nitrogens with zero attached hydrogens (tertiary/aromatic N) is 1. The van der Waals surface area contributed by atoms with Crippen LogP contribution in [0.3, 0.4) is 0 Å². The first-order valence-electron chi connectivity index (χ1n) is 4.26. The Labute approximate surface area is 85.4 Å². The summed E-state index contributed by atoms with van der Waals surface area (Å²) >= 11 is 0. The van der Waals surface area contributed by atoms with E-state index in [-0.39, 0.29) is 5.82 Å². The van der Waals surface area contributed by atoms with Crippen LogP contribution in [0.25, 0.3) is 11.3 Å². The quantitative estimate of drug-likeness (QED) is 0.787. The number of carbonyl (C=O) groups is 1. The Morgan fingerprint density at radius 1 is 1.33 bits per heavy atom. The summed E-state index contributed by atoms with van der Waals surface area (Å²) in [4.78, 5) is 14.2. The van der Waals surface area contributed by atoms with E-state index in [2.05, 4.69) is 10.3 Å². The normalized spacial score (nSPS) is 9.87. The summed E-state index contributed by atoms with van der Waals surface area (Å²) in [6.07, 6.45) is 0.0363. The number of oxazole rings is 1. The third-order valence-electron chi connectivity index (χ3n) is 1.83. The smallest absolute Gasteiger partial charge is 0.410 e. The minimum atomic E-state index is -1.17. The second-order valence-electron chi connectivity index (χ2n) is 2.83. The molecule has 76 valence electrons. The average Bonchev–Trinajstić information content (AvgIpc) is 2.66. The van der Waals surface area contributed by atoms with E-state index < -0.39 is 6.09 Å². The van der Waals surface area contributed by atoms with Crippen LogP contribution in [-0.4, -0.2) is 16.2 Å². The standard InChI is InChI=1S/C10H8N2O3/c13-10(14)12-9-8(15-6-11-9)7-4-2-1-3-5-7/h1-6,12H,(H,13,14). The molecule has 1 aromatic carbocycles. The van der Waals surface area contributed by atoms with Gasteiger partial charge in [-0.3, -0.25) is 5.32 Å². The van der Waals surface area contributed by atoms with Crippen molar-refractivity contribution < 1.29 is 14.3 Å². The van der Waals surface area contributed by atoms with Gasteiger partial charge in [-0.2, -0.15) is 4.98 Å². The van der Waals surface area contributed by atoms with Crippen LogP contribution in [0.15, 0.2) is 41.1 Å². The number of hydrogen-bond donors (Lipinski definition) is 2. The average molecular weight is 204 g/mol. The molecule has 0 unspecified atom stereocenters. The molecular weight excluding hydrogens is 196 g/mol. The number of nitrogens with one attached hydrogen (secondary N) is 1. The lowest BCUT2D eigenvalue weighted by atomic mass is 10.2. The molecule has 2 N–H and O–H groups in total. The topological polar surface area (TPSA) is 75.4 Å². The van der Waals surface area contributed by atoms with Crippen molar-refractivity contribution in [3.8, 4) is 11.3 Å². The zero-order valence-electron chi connectivity index (χ0n) is 7.68. The SMILES string of the molecule is O=C(O)Nc1ncoc1-c1ccccc1. The molecule has 0 spiro atoms. The number of aromatic nitrogens is 1. The molecule has 1 amide bonds. The lowest BCUT2D eigenvalue weighted by Crippen LogP contribution is -2.08. The Hall–Kier alpha value is -2.30. The van der Waals surface area contributed by atoms with Gasteiger partial charge in [0.1, 0.15) is 0 Å². The van der Waals surface area contributed by atoms with E-state index >= 15 is 0 Å². The summed E-state index contributed by atoms with van der Waals surface area (Å²) in [6.45, 7) is 0. The monoisotopic (exact) mass is 204 g/mol. The van der Waals surface area contributed by atoms with Crippen LogP contribution in [0.5, 0.6) is 0 Å². The first-order valence-corrected chi connectivity index (χ1v) is 4.26. The van der Waals surface area contributed by atoms with Gasteiger partial charge in [0.2, 0.25) is 0 Å². The molecule has 0 aliphatic carbocycles. The third-order valence-corrected chi connectivity index (χ3v) is 1.83. The zero-order valence-corrected chi connectivity index (χ0v) is 7.68. The summed E-state index contributed by atoms with van der Waals surface area (Å²) in [5, 5.41) is 10.7. The lowest BCUT2D eigenvalue weighted by molar-refractivity contribution is 0.209. The predicted octanol–water partition coefficient (Wildman–Crippen LogP) is 2.43. The fourth-order valence-electron chi connectivity index (χ4n) is 1.23. The van der Waals surface area contributed by atoms with Crippen molar-refractivity contribution in [1.29, 1.82) is 0 Å². The van der Waals surface area contributed by atoms with Gasteiger partial charge < -0.3 is 9.52 Å². The molecule has 5 nitrogen and oxygen atoms in total. The molecule has 0 bridgehead atoms. The lowest BCUT2D eigenvalue weighted by Gasteiger charge is -1.99. The van der Waals surface area contributed by atoms with E-state index in [9.17, 15) is 4.79 Å². The van der Waals surface area contributed by atoms with Gasteiger partial charge in [-0.1, -0.05) is 30.3 Å². The maximum atomic E-state index is 10.5. The Balaban J connectivity index is 2.37. The molecule has 2 aromatic rings. The summed E-state index contributed by atoms with van der Waals surface area (Å²) in [5.74, 6) is 0.617. The minimum absolute atomic E-state index is 0.203. The van der Waals surface area contributed by atoms with E-state index in [1.165, 1.54) is 6.39 Å². The van der Waals surface area contributed by atoms with Crippen molar-refractivity contribution in [1.82, 2.24) is 4.98 Å². The predicted molar refractivity (Wildman–Crippen MR) is 53.6 cm³/mol. The van der Waals surface area contributed by atoms with Gasteiger partial charge in [-0.25, -0.2) is 4.79 Å². The molecule has 0 atom stereocenters. The fraction of sp³-hybridized carbons (Fsp3) is 0. The molecule has 5 heteroatoms. The molecule has 0 saturated heterocycles. The molecular formula is C10H8N2O3. The summed E-state index contributed by atoms with van der Waals surface area (Å²) in [6, 6.07) is 9.16. The van der Waals surface area contributed by atoms with Crippen molar-refractivity contribution in [3.63, 3.8) is 0 Å². The number of amides is 1. The van der Waals surface area contributed by atoms with Crippen LogP contribution in [0.1, 0.15) is 0 Å². The Kier molecular flexibility index (Phi) is 2.37. The summed E-state index contributed by atoms with van der Waals surface area (Å²) in [7, 11) is 0. The Bertz CT molecular complexity index is 465. The number of hydrogen-bond acceptors (Lipinski definition) is 3. The van der Waals surface area contributed by atoms with Crippen molar-refractivity contribution >= 4 is 11.9 Å². The van der Waals surface area contributed by atoms with Gasteiger partial charge in [-0.15, -0.1) is 0 Å². The van der Waals surface area contributed by atoms with Crippen LogP contribution in [0.2, 0.25) is 0 Å². The van der Waals surface area contributed by atoms with Crippen molar-refractivity contribution in [2.45, 2.75) is 0 Å². The van der Waals surface area contributed by atoms with Crippen LogP contribution < -0.4 is 5.32 Å². The van der Waals surface area contributed by atoms with E-state index in [4.69, 9.17) is 9.52 Å². The van der Waals surface area contributed by atoms with E-state index in [0.717, 1.165) is 5.56 Å². The van der Waals surface area contributed by atoms with Gasteiger partial charge in [0.15, 0.2) is 18.0 Å². The van der Waals surface area contributed by atoms with Crippen molar-refractivity contribution in [2.75, 3.05) is 5.32 Å². The maximum Gasteiger partial charge on any atom is 0.410 e. The van der Waals surface area contributed by atoms with Crippen molar-refractivity contribution in [3.05, 3.63) is 36.7 Å². The maximum absolute atomic E-state index is 10.5. The Morgan fingerprint density at radius 3 is 2.73 bits per heavy atom. The Morgan fingerprint density at radius 2 is 2.07 bits per heavy atom. The second kappa shape index (κ2) is 3.83. The van der Waals surface area contributed by atoms with Crippen LogP contribution in [0.4, 0.5) is 10.6 Å². The molecule has 1 heterocycles. The van der Waals surface area contributed by atoms with Gasteiger partial charge in [-0.05, 0) is 0 Å². The first kappa shape index (κ1) is 9.26. The molecule has 0 radical (unpaired) electrons. The summed E-state index contributed by atoms with van der Waals surface area (Å²) < 4.78 is 5.11. The molecule has 1 aromatic heterocycles. The molecule has 0 aliphatic rings. The molecule has 2 rings (SSSR count). The highest BCUT2D eigenvalue weighted by Gasteiger charge is 2.11.